The Bertz CT molecular complexity index is 456. The molecule has 15 heavy (non-hydrogen) atoms. The second kappa shape index (κ2) is 5.09. The molecule has 0 saturated carbocycles. The number of nitrogens with one attached hydrogen (secondary N) is 1. The summed E-state index contributed by atoms with van der Waals surface area (Å²) in [6.07, 6.45) is 3.56. The van der Waals surface area contributed by atoms with Crippen LogP contribution in [0.15, 0.2) is 38.9 Å². The van der Waals surface area contributed by atoms with Crippen LogP contribution in [0.25, 0.3) is 0 Å². The topological polar surface area (TPSA) is 24.9 Å². The molecule has 0 atom stereocenters. The van der Waals surface area contributed by atoms with Crippen LogP contribution in [0.5, 0.6) is 0 Å². The first-order chi connectivity index (χ1) is 7.25. The molecule has 5 heteroatoms. The Hall–Kier alpha value is -0.390. The molecule has 0 aliphatic heterocycles. The first-order valence-corrected chi connectivity index (χ1v) is 6.73. The maximum absolute atomic E-state index is 4.01. The maximum Gasteiger partial charge on any atom is 0.0702 e. The predicted octanol–water partition coefficient (Wildman–Crippen LogP) is 4.28. The van der Waals surface area contributed by atoms with Crippen molar-refractivity contribution in [2.45, 2.75) is 6.54 Å². The van der Waals surface area contributed by atoms with Crippen LogP contribution in [-0.4, -0.2) is 4.98 Å². The van der Waals surface area contributed by atoms with Gasteiger partial charge < -0.3 is 5.32 Å². The molecular weight excluding hydrogens is 340 g/mol. The number of anilines is 1. The lowest BCUT2D eigenvalue weighted by atomic mass is 10.4. The lowest BCUT2D eigenvalue weighted by Crippen LogP contribution is -1.98. The Labute approximate surface area is 109 Å². The summed E-state index contributed by atoms with van der Waals surface area (Å²) in [5.41, 5.74) is 1.06. The van der Waals surface area contributed by atoms with Crippen molar-refractivity contribution in [2.24, 2.45) is 0 Å². The summed E-state index contributed by atoms with van der Waals surface area (Å²) in [4.78, 5) is 5.31. The standard InChI is InChI=1S/C10H8Br2N2S/c11-8-6-13-4-3-9(8)14-5-7-1-2-10(12)15-7/h1-4,6H,5H2,(H,13,14). The summed E-state index contributed by atoms with van der Waals surface area (Å²) < 4.78 is 2.15. The molecule has 0 fully saturated rings. The number of hydrogen-bond donors (Lipinski definition) is 1. The minimum atomic E-state index is 0.832. The largest absolute Gasteiger partial charge is 0.379 e. The van der Waals surface area contributed by atoms with E-state index < -0.39 is 0 Å². The molecule has 78 valence electrons. The SMILES string of the molecule is Brc1ccc(CNc2ccncc2Br)s1. The summed E-state index contributed by atoms with van der Waals surface area (Å²) in [6, 6.07) is 6.12. The molecule has 0 bridgehead atoms. The van der Waals surface area contributed by atoms with E-state index in [1.807, 2.05) is 6.07 Å². The zero-order chi connectivity index (χ0) is 10.7. The zero-order valence-corrected chi connectivity index (χ0v) is 11.7. The van der Waals surface area contributed by atoms with Gasteiger partial charge in [0.25, 0.3) is 0 Å². The molecule has 0 unspecified atom stereocenters. The summed E-state index contributed by atoms with van der Waals surface area (Å²) in [5.74, 6) is 0. The van der Waals surface area contributed by atoms with Crippen LogP contribution in [-0.2, 0) is 6.54 Å². The van der Waals surface area contributed by atoms with Crippen molar-refractivity contribution < 1.29 is 0 Å². The molecule has 2 heterocycles. The van der Waals surface area contributed by atoms with Crippen LogP contribution in [0.3, 0.4) is 0 Å². The average molecular weight is 348 g/mol. The summed E-state index contributed by atoms with van der Waals surface area (Å²) >= 11 is 8.62. The minimum Gasteiger partial charge on any atom is -0.379 e. The molecule has 2 nitrogen and oxygen atoms in total. The normalized spacial score (nSPS) is 10.3. The zero-order valence-electron chi connectivity index (χ0n) is 7.71. The third-order valence-electron chi connectivity index (χ3n) is 1.85. The van der Waals surface area contributed by atoms with E-state index in [0.29, 0.717) is 0 Å². The van der Waals surface area contributed by atoms with Crippen LogP contribution < -0.4 is 5.32 Å². The van der Waals surface area contributed by atoms with Crippen LogP contribution in [0.2, 0.25) is 0 Å². The highest BCUT2D eigenvalue weighted by Crippen LogP contribution is 2.25. The molecule has 2 aromatic rings. The van der Waals surface area contributed by atoms with E-state index in [9.17, 15) is 0 Å². The Balaban J connectivity index is 2.02. The van der Waals surface area contributed by atoms with E-state index in [-0.39, 0.29) is 0 Å². The van der Waals surface area contributed by atoms with Gasteiger partial charge in [0.2, 0.25) is 0 Å². The fourth-order valence-electron chi connectivity index (χ4n) is 1.15. The second-order valence-electron chi connectivity index (χ2n) is 2.91. The Morgan fingerprint density at radius 1 is 1.27 bits per heavy atom. The Morgan fingerprint density at radius 3 is 2.80 bits per heavy atom. The molecule has 0 amide bonds. The number of aromatic nitrogens is 1. The number of thiophene rings is 1. The van der Waals surface area contributed by atoms with Crippen LogP contribution >= 0.6 is 43.2 Å². The number of nitrogens with zero attached hydrogens (tertiary/aromatic N) is 1. The van der Waals surface area contributed by atoms with Crippen molar-refractivity contribution in [3.8, 4) is 0 Å². The molecule has 2 rings (SSSR count). The van der Waals surface area contributed by atoms with Gasteiger partial charge in [0.05, 0.1) is 13.9 Å². The Morgan fingerprint density at radius 2 is 2.13 bits per heavy atom. The van der Waals surface area contributed by atoms with Crippen LogP contribution in [0.1, 0.15) is 4.88 Å². The molecule has 0 saturated heterocycles. The van der Waals surface area contributed by atoms with Gasteiger partial charge in [-0.1, -0.05) is 0 Å². The van der Waals surface area contributed by atoms with Crippen molar-refractivity contribution in [1.29, 1.82) is 0 Å². The van der Waals surface area contributed by atoms with Gasteiger partial charge in [0.1, 0.15) is 0 Å². The van der Waals surface area contributed by atoms with E-state index >= 15 is 0 Å². The highest BCUT2D eigenvalue weighted by Gasteiger charge is 2.00. The van der Waals surface area contributed by atoms with Gasteiger partial charge in [0.15, 0.2) is 0 Å². The van der Waals surface area contributed by atoms with Gasteiger partial charge in [-0.05, 0) is 50.1 Å². The Kier molecular flexibility index (Phi) is 3.77. The molecule has 0 aromatic carbocycles. The monoisotopic (exact) mass is 346 g/mol. The quantitative estimate of drug-likeness (QED) is 0.896. The number of pyridine rings is 1. The summed E-state index contributed by atoms with van der Waals surface area (Å²) in [6.45, 7) is 0.832. The molecular formula is C10H8Br2N2S. The third kappa shape index (κ3) is 3.03. The van der Waals surface area contributed by atoms with Crippen LogP contribution in [0, 0.1) is 0 Å². The van der Waals surface area contributed by atoms with Gasteiger partial charge in [-0.3, -0.25) is 4.98 Å². The van der Waals surface area contributed by atoms with Gasteiger partial charge in [-0.2, -0.15) is 0 Å². The molecule has 0 aliphatic rings. The van der Waals surface area contributed by atoms with Crippen molar-refractivity contribution >= 4 is 48.9 Å². The van der Waals surface area contributed by atoms with Gasteiger partial charge in [-0.15, -0.1) is 11.3 Å². The van der Waals surface area contributed by atoms with E-state index in [4.69, 9.17) is 0 Å². The van der Waals surface area contributed by atoms with Gasteiger partial charge in [-0.25, -0.2) is 0 Å². The molecule has 2 aromatic heterocycles. The van der Waals surface area contributed by atoms with E-state index in [1.165, 1.54) is 4.88 Å². The smallest absolute Gasteiger partial charge is 0.0702 e. The van der Waals surface area contributed by atoms with Gasteiger partial charge in [0, 0.05) is 23.8 Å². The summed E-state index contributed by atoms with van der Waals surface area (Å²) in [5, 5.41) is 3.35. The maximum atomic E-state index is 4.01. The van der Waals surface area contributed by atoms with Crippen molar-refractivity contribution in [3.63, 3.8) is 0 Å². The average Bonchev–Trinajstić information content (AvgIpc) is 2.63. The molecule has 0 radical (unpaired) electrons. The second-order valence-corrected chi connectivity index (χ2v) is 6.32. The third-order valence-corrected chi connectivity index (χ3v) is 4.11. The summed E-state index contributed by atoms with van der Waals surface area (Å²) in [7, 11) is 0. The highest BCUT2D eigenvalue weighted by atomic mass is 79.9. The van der Waals surface area contributed by atoms with E-state index in [1.54, 1.807) is 23.7 Å². The lowest BCUT2D eigenvalue weighted by molar-refractivity contribution is 1.17. The van der Waals surface area contributed by atoms with Crippen molar-refractivity contribution in [2.75, 3.05) is 5.32 Å². The fourth-order valence-corrected chi connectivity index (χ4v) is 2.96. The first kappa shape index (κ1) is 11.1. The highest BCUT2D eigenvalue weighted by molar-refractivity contribution is 9.11. The molecule has 0 aliphatic carbocycles. The number of hydrogen-bond acceptors (Lipinski definition) is 3. The minimum absolute atomic E-state index is 0.832. The van der Waals surface area contributed by atoms with Crippen molar-refractivity contribution in [1.82, 2.24) is 4.98 Å². The van der Waals surface area contributed by atoms with E-state index in [0.717, 1.165) is 20.5 Å². The number of rotatable bonds is 3. The number of halogens is 2. The molecule has 1 N–H and O–H groups in total. The van der Waals surface area contributed by atoms with Gasteiger partial charge >= 0.3 is 0 Å². The predicted molar refractivity (Wildman–Crippen MR) is 71.3 cm³/mol. The first-order valence-electron chi connectivity index (χ1n) is 4.33. The van der Waals surface area contributed by atoms with Crippen LogP contribution in [0.4, 0.5) is 5.69 Å². The van der Waals surface area contributed by atoms with Crippen molar-refractivity contribution in [3.05, 3.63) is 43.7 Å². The van der Waals surface area contributed by atoms with E-state index in [2.05, 4.69) is 54.3 Å². The molecule has 0 spiro atoms. The lowest BCUT2D eigenvalue weighted by Gasteiger charge is -2.05. The fraction of sp³-hybridized carbons (Fsp3) is 0.100.